The number of amides is 1. The van der Waals surface area contributed by atoms with E-state index in [-0.39, 0.29) is 11.9 Å². The molecule has 2 heterocycles. The van der Waals surface area contributed by atoms with Gasteiger partial charge in [0.25, 0.3) is 5.91 Å². The predicted octanol–water partition coefficient (Wildman–Crippen LogP) is 2.51. The number of carbonyl (C=O) groups excluding carboxylic acids is 1. The number of nitrogens with zero attached hydrogens (tertiary/aromatic N) is 3. The maximum Gasteiger partial charge on any atom is 0.266 e. The highest BCUT2D eigenvalue weighted by Crippen LogP contribution is 2.33. The molecule has 2 rings (SSSR count). The van der Waals surface area contributed by atoms with Gasteiger partial charge in [0, 0.05) is 24.3 Å². The van der Waals surface area contributed by atoms with Gasteiger partial charge in [0.05, 0.1) is 11.1 Å². The monoisotopic (exact) mass is 281 g/mol. The van der Waals surface area contributed by atoms with E-state index in [1.807, 2.05) is 37.7 Å². The minimum absolute atomic E-state index is 0.00996. The second-order valence-electron chi connectivity index (χ2n) is 4.27. The first kappa shape index (κ1) is 13.3. The molecule has 1 aromatic heterocycles. The van der Waals surface area contributed by atoms with Crippen molar-refractivity contribution >= 4 is 40.3 Å². The van der Waals surface area contributed by atoms with Crippen molar-refractivity contribution in [3.05, 3.63) is 22.9 Å². The van der Waals surface area contributed by atoms with Crippen LogP contribution in [0.25, 0.3) is 6.08 Å². The third kappa shape index (κ3) is 2.49. The molecule has 1 aromatic rings. The van der Waals surface area contributed by atoms with Crippen molar-refractivity contribution in [2.45, 2.75) is 33.4 Å². The molecule has 0 atom stereocenters. The van der Waals surface area contributed by atoms with E-state index >= 15 is 0 Å². The van der Waals surface area contributed by atoms with Crippen LogP contribution in [-0.2, 0) is 11.3 Å². The lowest BCUT2D eigenvalue weighted by atomic mass is 10.3. The molecule has 0 spiro atoms. The molecule has 6 heteroatoms. The molecule has 96 valence electrons. The van der Waals surface area contributed by atoms with Gasteiger partial charge in [-0.05, 0) is 26.8 Å². The summed E-state index contributed by atoms with van der Waals surface area (Å²) in [6, 6.07) is 0.0989. The zero-order chi connectivity index (χ0) is 13.3. The van der Waals surface area contributed by atoms with Gasteiger partial charge in [-0.1, -0.05) is 24.0 Å². The van der Waals surface area contributed by atoms with Crippen LogP contribution < -0.4 is 0 Å². The van der Waals surface area contributed by atoms with E-state index in [2.05, 4.69) is 5.10 Å². The summed E-state index contributed by atoms with van der Waals surface area (Å²) in [4.78, 5) is 14.5. The van der Waals surface area contributed by atoms with Gasteiger partial charge in [-0.2, -0.15) is 5.10 Å². The number of thiocarbonyl (C=S) groups is 1. The number of carbonyl (C=O) groups is 1. The lowest BCUT2D eigenvalue weighted by Gasteiger charge is -2.18. The standard InChI is InChI=1S/C12H15N3OS2/c1-4-14-7-9(6-13-14)5-10-11(16)15(8(2)3)12(17)18-10/h5-8H,4H2,1-3H3/b10-5-. The summed E-state index contributed by atoms with van der Waals surface area (Å²) < 4.78 is 2.46. The van der Waals surface area contributed by atoms with Gasteiger partial charge >= 0.3 is 0 Å². The molecule has 0 saturated carbocycles. The molecule has 1 amide bonds. The summed E-state index contributed by atoms with van der Waals surface area (Å²) in [7, 11) is 0. The third-order valence-corrected chi connectivity index (χ3v) is 3.95. The molecular formula is C12H15N3OS2. The van der Waals surface area contributed by atoms with Crippen LogP contribution in [0.5, 0.6) is 0 Å². The molecule has 0 unspecified atom stereocenters. The lowest BCUT2D eigenvalue weighted by molar-refractivity contribution is -0.123. The molecule has 1 saturated heterocycles. The second-order valence-corrected chi connectivity index (χ2v) is 5.95. The number of hydrogen-bond acceptors (Lipinski definition) is 4. The molecule has 1 fully saturated rings. The third-order valence-electron chi connectivity index (χ3n) is 2.61. The van der Waals surface area contributed by atoms with Gasteiger partial charge in [-0.25, -0.2) is 0 Å². The van der Waals surface area contributed by atoms with E-state index in [4.69, 9.17) is 12.2 Å². The topological polar surface area (TPSA) is 38.1 Å². The quantitative estimate of drug-likeness (QED) is 0.630. The van der Waals surface area contributed by atoms with Crippen molar-refractivity contribution in [2.24, 2.45) is 0 Å². The Morgan fingerprint density at radius 2 is 2.28 bits per heavy atom. The van der Waals surface area contributed by atoms with E-state index in [1.165, 1.54) is 11.8 Å². The summed E-state index contributed by atoms with van der Waals surface area (Å²) in [5, 5.41) is 4.18. The van der Waals surface area contributed by atoms with Gasteiger partial charge in [0.1, 0.15) is 4.32 Å². The SMILES string of the molecule is CCn1cc(/C=C2\SC(=S)N(C(C)C)C2=O)cn1. The smallest absolute Gasteiger partial charge is 0.266 e. The molecule has 18 heavy (non-hydrogen) atoms. The number of rotatable bonds is 3. The Labute approximate surface area is 116 Å². The Balaban J connectivity index is 2.24. The maximum atomic E-state index is 12.2. The molecule has 4 nitrogen and oxygen atoms in total. The van der Waals surface area contributed by atoms with E-state index in [1.54, 1.807) is 11.1 Å². The molecule has 0 aliphatic carbocycles. The summed E-state index contributed by atoms with van der Waals surface area (Å²) in [5.41, 5.74) is 0.932. The fourth-order valence-electron chi connectivity index (χ4n) is 1.70. The van der Waals surface area contributed by atoms with Crippen molar-refractivity contribution in [1.82, 2.24) is 14.7 Å². The molecule has 0 aromatic carbocycles. The van der Waals surface area contributed by atoms with E-state index in [0.717, 1.165) is 12.1 Å². The number of hydrogen-bond donors (Lipinski definition) is 0. The Hall–Kier alpha value is -1.14. The maximum absolute atomic E-state index is 12.2. The van der Waals surface area contributed by atoms with Crippen LogP contribution in [0.4, 0.5) is 0 Å². The highest BCUT2D eigenvalue weighted by atomic mass is 32.2. The van der Waals surface area contributed by atoms with Crippen molar-refractivity contribution in [3.63, 3.8) is 0 Å². The van der Waals surface area contributed by atoms with Crippen molar-refractivity contribution < 1.29 is 4.79 Å². The molecular weight excluding hydrogens is 266 g/mol. The molecule has 0 radical (unpaired) electrons. The minimum atomic E-state index is -0.00996. The zero-order valence-electron chi connectivity index (χ0n) is 10.6. The number of aromatic nitrogens is 2. The summed E-state index contributed by atoms with van der Waals surface area (Å²) in [6.45, 7) is 6.77. The second kappa shape index (κ2) is 5.24. The summed E-state index contributed by atoms with van der Waals surface area (Å²) in [6.07, 6.45) is 5.52. The first-order valence-corrected chi connectivity index (χ1v) is 7.05. The van der Waals surface area contributed by atoms with Gasteiger partial charge in [-0.3, -0.25) is 14.4 Å². The molecule has 0 N–H and O–H groups in total. The van der Waals surface area contributed by atoms with Crippen LogP contribution in [0.2, 0.25) is 0 Å². The van der Waals surface area contributed by atoms with Gasteiger partial charge in [0.2, 0.25) is 0 Å². The Kier molecular flexibility index (Phi) is 3.87. The van der Waals surface area contributed by atoms with Crippen LogP contribution in [-0.4, -0.2) is 30.9 Å². The Bertz CT molecular complexity index is 519. The normalized spacial score (nSPS) is 18.4. The fourth-order valence-corrected chi connectivity index (χ4v) is 3.23. The van der Waals surface area contributed by atoms with Gasteiger partial charge in [-0.15, -0.1) is 0 Å². The van der Waals surface area contributed by atoms with Crippen molar-refractivity contribution in [2.75, 3.05) is 0 Å². The average molecular weight is 281 g/mol. The molecule has 0 bridgehead atoms. The number of thioether (sulfide) groups is 1. The van der Waals surface area contributed by atoms with Crippen molar-refractivity contribution in [3.8, 4) is 0 Å². The largest absolute Gasteiger partial charge is 0.290 e. The Morgan fingerprint density at radius 3 is 2.78 bits per heavy atom. The predicted molar refractivity (Wildman–Crippen MR) is 78.0 cm³/mol. The fraction of sp³-hybridized carbons (Fsp3) is 0.417. The average Bonchev–Trinajstić information content (AvgIpc) is 2.85. The first-order chi connectivity index (χ1) is 8.52. The van der Waals surface area contributed by atoms with Crippen LogP contribution in [0.3, 0.4) is 0 Å². The minimum Gasteiger partial charge on any atom is -0.290 e. The lowest BCUT2D eigenvalue weighted by Crippen LogP contribution is -2.34. The Morgan fingerprint density at radius 1 is 1.56 bits per heavy atom. The summed E-state index contributed by atoms with van der Waals surface area (Å²) >= 11 is 6.58. The highest BCUT2D eigenvalue weighted by molar-refractivity contribution is 8.26. The van der Waals surface area contributed by atoms with E-state index < -0.39 is 0 Å². The zero-order valence-corrected chi connectivity index (χ0v) is 12.2. The van der Waals surface area contributed by atoms with Crippen LogP contribution in [0.1, 0.15) is 26.3 Å². The highest BCUT2D eigenvalue weighted by Gasteiger charge is 2.33. The first-order valence-electron chi connectivity index (χ1n) is 5.82. The van der Waals surface area contributed by atoms with Gasteiger partial charge in [0.15, 0.2) is 0 Å². The van der Waals surface area contributed by atoms with E-state index in [0.29, 0.717) is 9.23 Å². The molecule has 1 aliphatic rings. The van der Waals surface area contributed by atoms with E-state index in [9.17, 15) is 4.79 Å². The van der Waals surface area contributed by atoms with Crippen molar-refractivity contribution in [1.29, 1.82) is 0 Å². The van der Waals surface area contributed by atoms with Crippen LogP contribution in [0, 0.1) is 0 Å². The van der Waals surface area contributed by atoms with Gasteiger partial charge < -0.3 is 0 Å². The van der Waals surface area contributed by atoms with Crippen LogP contribution in [0.15, 0.2) is 17.3 Å². The number of aryl methyl sites for hydroxylation is 1. The summed E-state index contributed by atoms with van der Waals surface area (Å²) in [5.74, 6) is -0.00996. The molecule has 1 aliphatic heterocycles. The van der Waals surface area contributed by atoms with Crippen LogP contribution >= 0.6 is 24.0 Å².